The predicted molar refractivity (Wildman–Crippen MR) is 112 cm³/mol. The highest BCUT2D eigenvalue weighted by Gasteiger charge is 2.31. The number of rotatable bonds is 5. The maximum absolute atomic E-state index is 13.9. The molecule has 0 spiro atoms. The van der Waals surface area contributed by atoms with E-state index < -0.39 is 23.5 Å². The summed E-state index contributed by atoms with van der Waals surface area (Å²) in [5.74, 6) is -2.07. The minimum atomic E-state index is -4.66. The first-order chi connectivity index (χ1) is 15.1. The van der Waals surface area contributed by atoms with Crippen molar-refractivity contribution in [3.63, 3.8) is 0 Å². The number of alkyl halides is 3. The van der Waals surface area contributed by atoms with Crippen molar-refractivity contribution >= 4 is 29.5 Å². The van der Waals surface area contributed by atoms with Crippen LogP contribution >= 0.6 is 11.6 Å². The van der Waals surface area contributed by atoms with E-state index >= 15 is 0 Å². The van der Waals surface area contributed by atoms with Gasteiger partial charge in [0.05, 0.1) is 18.2 Å². The Bertz CT molecular complexity index is 1010. The SMILES string of the molecule is O=C(/C=C/c1ccc(C(F)(F)F)cc1F)NCC(=O)N1CCNCC1c1ccc(Cl)cc1. The van der Waals surface area contributed by atoms with Gasteiger partial charge in [0.15, 0.2) is 0 Å². The molecular weight excluding hydrogens is 450 g/mol. The fraction of sp³-hybridized carbons (Fsp3) is 0.273. The van der Waals surface area contributed by atoms with E-state index in [1.54, 1.807) is 17.0 Å². The monoisotopic (exact) mass is 469 g/mol. The van der Waals surface area contributed by atoms with E-state index in [0.29, 0.717) is 30.7 Å². The van der Waals surface area contributed by atoms with Crippen LogP contribution in [0.2, 0.25) is 5.02 Å². The van der Waals surface area contributed by atoms with E-state index in [0.717, 1.165) is 29.8 Å². The molecule has 2 N–H and O–H groups in total. The van der Waals surface area contributed by atoms with Crippen LogP contribution in [0.15, 0.2) is 48.5 Å². The molecule has 1 fully saturated rings. The van der Waals surface area contributed by atoms with Crippen LogP contribution < -0.4 is 10.6 Å². The summed E-state index contributed by atoms with van der Waals surface area (Å²) in [4.78, 5) is 26.4. The maximum atomic E-state index is 13.9. The summed E-state index contributed by atoms with van der Waals surface area (Å²) in [5.41, 5.74) is -0.392. The fourth-order valence-corrected chi connectivity index (χ4v) is 3.44. The third-order valence-electron chi connectivity index (χ3n) is 4.97. The van der Waals surface area contributed by atoms with Gasteiger partial charge in [0.2, 0.25) is 11.8 Å². The van der Waals surface area contributed by atoms with E-state index in [1.807, 2.05) is 12.1 Å². The summed E-state index contributed by atoms with van der Waals surface area (Å²) < 4.78 is 51.7. The molecule has 32 heavy (non-hydrogen) atoms. The number of nitrogens with zero attached hydrogens (tertiary/aromatic N) is 1. The number of hydrogen-bond acceptors (Lipinski definition) is 3. The number of benzene rings is 2. The molecule has 0 aliphatic carbocycles. The molecule has 0 aromatic heterocycles. The highest BCUT2D eigenvalue weighted by molar-refractivity contribution is 6.30. The van der Waals surface area contributed by atoms with Crippen molar-refractivity contribution in [1.29, 1.82) is 0 Å². The van der Waals surface area contributed by atoms with Gasteiger partial charge in [0.1, 0.15) is 5.82 Å². The molecule has 1 saturated heterocycles. The van der Waals surface area contributed by atoms with Crippen LogP contribution in [0.1, 0.15) is 22.7 Å². The number of carbonyl (C=O) groups excluding carboxylic acids is 2. The summed E-state index contributed by atoms with van der Waals surface area (Å²) in [6, 6.07) is 8.95. The van der Waals surface area contributed by atoms with Gasteiger partial charge in [0.25, 0.3) is 0 Å². The summed E-state index contributed by atoms with van der Waals surface area (Å²) in [5, 5.41) is 6.23. The van der Waals surface area contributed by atoms with Crippen LogP contribution in [-0.2, 0) is 15.8 Å². The molecule has 2 aromatic rings. The Morgan fingerprint density at radius 3 is 2.56 bits per heavy atom. The molecule has 1 atom stereocenters. The fourth-order valence-electron chi connectivity index (χ4n) is 3.31. The summed E-state index contributed by atoms with van der Waals surface area (Å²) in [6.45, 7) is 1.34. The van der Waals surface area contributed by atoms with Gasteiger partial charge in [-0.15, -0.1) is 0 Å². The highest BCUT2D eigenvalue weighted by atomic mass is 35.5. The average Bonchev–Trinajstić information content (AvgIpc) is 2.76. The normalized spacial score (nSPS) is 16.9. The first kappa shape index (κ1) is 23.7. The average molecular weight is 470 g/mol. The molecule has 1 unspecified atom stereocenters. The zero-order valence-electron chi connectivity index (χ0n) is 16.8. The van der Waals surface area contributed by atoms with Gasteiger partial charge < -0.3 is 15.5 Å². The molecule has 1 heterocycles. The van der Waals surface area contributed by atoms with Crippen molar-refractivity contribution in [2.24, 2.45) is 0 Å². The van der Waals surface area contributed by atoms with Gasteiger partial charge >= 0.3 is 6.18 Å². The number of nitrogens with one attached hydrogen (secondary N) is 2. The zero-order chi connectivity index (χ0) is 23.3. The largest absolute Gasteiger partial charge is 0.416 e. The zero-order valence-corrected chi connectivity index (χ0v) is 17.5. The van der Waals surface area contributed by atoms with Gasteiger partial charge in [-0.2, -0.15) is 13.2 Å². The minimum Gasteiger partial charge on any atom is -0.343 e. The second kappa shape index (κ2) is 10.1. The second-order valence-corrected chi connectivity index (χ2v) is 7.58. The number of piperazine rings is 1. The molecule has 170 valence electrons. The number of carbonyl (C=O) groups is 2. The topological polar surface area (TPSA) is 61.4 Å². The van der Waals surface area contributed by atoms with Crippen molar-refractivity contribution in [2.45, 2.75) is 12.2 Å². The van der Waals surface area contributed by atoms with Crippen molar-refractivity contribution in [2.75, 3.05) is 26.2 Å². The first-order valence-corrected chi connectivity index (χ1v) is 10.1. The van der Waals surface area contributed by atoms with Crippen molar-refractivity contribution in [3.05, 3.63) is 76.1 Å². The highest BCUT2D eigenvalue weighted by Crippen LogP contribution is 2.30. The van der Waals surface area contributed by atoms with E-state index in [9.17, 15) is 27.2 Å². The van der Waals surface area contributed by atoms with Gasteiger partial charge in [-0.05, 0) is 35.9 Å². The molecule has 10 heteroatoms. The van der Waals surface area contributed by atoms with Crippen molar-refractivity contribution in [3.8, 4) is 0 Å². The minimum absolute atomic E-state index is 0.176. The second-order valence-electron chi connectivity index (χ2n) is 7.14. The molecule has 3 rings (SSSR count). The Hall–Kier alpha value is -2.91. The van der Waals surface area contributed by atoms with Crippen molar-refractivity contribution in [1.82, 2.24) is 15.5 Å². The first-order valence-electron chi connectivity index (χ1n) is 9.73. The van der Waals surface area contributed by atoms with Gasteiger partial charge in [0, 0.05) is 36.3 Å². The molecule has 1 aliphatic heterocycles. The molecule has 0 bridgehead atoms. The Kier molecular flexibility index (Phi) is 7.52. The molecule has 2 aromatic carbocycles. The summed E-state index contributed by atoms with van der Waals surface area (Å²) in [7, 11) is 0. The molecule has 2 amide bonds. The molecule has 5 nitrogen and oxygen atoms in total. The molecule has 0 radical (unpaired) electrons. The van der Waals surface area contributed by atoms with Crippen LogP contribution in [0.5, 0.6) is 0 Å². The number of halogens is 5. The van der Waals surface area contributed by atoms with Crippen LogP contribution in [-0.4, -0.2) is 42.9 Å². The molecular formula is C22H20ClF4N3O2. The van der Waals surface area contributed by atoms with E-state index in [-0.39, 0.29) is 24.1 Å². The lowest BCUT2D eigenvalue weighted by atomic mass is 10.0. The third-order valence-corrected chi connectivity index (χ3v) is 5.23. The van der Waals surface area contributed by atoms with Crippen LogP contribution in [0.4, 0.5) is 17.6 Å². The number of amides is 2. The van der Waals surface area contributed by atoms with Crippen LogP contribution in [0, 0.1) is 5.82 Å². The lowest BCUT2D eigenvalue weighted by Crippen LogP contribution is -2.51. The smallest absolute Gasteiger partial charge is 0.343 e. The maximum Gasteiger partial charge on any atom is 0.416 e. The van der Waals surface area contributed by atoms with Gasteiger partial charge in [-0.25, -0.2) is 4.39 Å². The van der Waals surface area contributed by atoms with Crippen LogP contribution in [0.3, 0.4) is 0 Å². The standard InChI is InChI=1S/C22H20ClF4N3O2/c23-17-6-2-15(3-7-17)19-12-28-9-10-30(19)21(32)13-29-20(31)8-4-14-1-5-16(11-18(14)24)22(25,26)27/h1-8,11,19,28H,9-10,12-13H2,(H,29,31)/b8-4+. The summed E-state index contributed by atoms with van der Waals surface area (Å²) >= 11 is 5.92. The summed E-state index contributed by atoms with van der Waals surface area (Å²) in [6.07, 6.45) is -2.64. The third kappa shape index (κ3) is 6.08. The Morgan fingerprint density at radius 2 is 1.91 bits per heavy atom. The Morgan fingerprint density at radius 1 is 1.19 bits per heavy atom. The lowest BCUT2D eigenvalue weighted by Gasteiger charge is -2.36. The van der Waals surface area contributed by atoms with E-state index in [2.05, 4.69) is 10.6 Å². The lowest BCUT2D eigenvalue weighted by molar-refractivity contribution is -0.137. The number of hydrogen-bond donors (Lipinski definition) is 2. The van der Waals surface area contributed by atoms with Crippen LogP contribution in [0.25, 0.3) is 6.08 Å². The van der Waals surface area contributed by atoms with Gasteiger partial charge in [-0.1, -0.05) is 29.8 Å². The van der Waals surface area contributed by atoms with Gasteiger partial charge in [-0.3, -0.25) is 9.59 Å². The molecule has 1 aliphatic rings. The molecule has 0 saturated carbocycles. The Labute approximate surface area is 187 Å². The quantitative estimate of drug-likeness (QED) is 0.517. The van der Waals surface area contributed by atoms with Crippen molar-refractivity contribution < 1.29 is 27.2 Å². The van der Waals surface area contributed by atoms with E-state index in [4.69, 9.17) is 11.6 Å². The Balaban J connectivity index is 1.59. The van der Waals surface area contributed by atoms with E-state index in [1.165, 1.54) is 0 Å². The predicted octanol–water partition coefficient (Wildman–Crippen LogP) is 3.80.